The number of nitrogens with zero attached hydrogens (tertiary/aromatic N) is 1. The van der Waals surface area contributed by atoms with Gasteiger partial charge in [-0.3, -0.25) is 14.3 Å². The second-order valence-corrected chi connectivity index (χ2v) is 5.17. The molecule has 0 bridgehead atoms. The van der Waals surface area contributed by atoms with Gasteiger partial charge < -0.3 is 4.74 Å². The maximum atomic E-state index is 11.9. The van der Waals surface area contributed by atoms with Crippen molar-refractivity contribution in [2.24, 2.45) is 11.8 Å². The number of rotatable bonds is 2. The summed E-state index contributed by atoms with van der Waals surface area (Å²) in [6.07, 6.45) is 2.41. The van der Waals surface area contributed by atoms with Crippen molar-refractivity contribution in [2.75, 3.05) is 0 Å². The molecular formula is C13H20N2O3. The maximum absolute atomic E-state index is 11.9. The van der Waals surface area contributed by atoms with Crippen LogP contribution < -0.4 is 11.2 Å². The Hall–Kier alpha value is -1.36. The van der Waals surface area contributed by atoms with Gasteiger partial charge in [0.2, 0.25) is 0 Å². The Labute approximate surface area is 106 Å². The van der Waals surface area contributed by atoms with Gasteiger partial charge in [0.15, 0.2) is 0 Å². The van der Waals surface area contributed by atoms with Crippen molar-refractivity contribution < 1.29 is 4.74 Å². The van der Waals surface area contributed by atoms with Crippen LogP contribution in [0.4, 0.5) is 0 Å². The van der Waals surface area contributed by atoms with Crippen LogP contribution in [0.5, 0.6) is 0 Å². The standard InChI is InChI=1S/C13H20N2O3/c1-5-10-8(3)9(4)12(18-10)15-6-7(2)11(16)14-13(15)17/h6,8-10,12H,5H2,1-4H3,(H,14,16,17)/t8?,9-,10+,12+/m0/s1. The highest BCUT2D eigenvalue weighted by Crippen LogP contribution is 2.39. The van der Waals surface area contributed by atoms with E-state index < -0.39 is 5.69 Å². The predicted octanol–water partition coefficient (Wildman–Crippen LogP) is 1.42. The third-order valence-corrected chi connectivity index (χ3v) is 4.00. The van der Waals surface area contributed by atoms with Crippen molar-refractivity contribution in [1.82, 2.24) is 9.55 Å². The molecule has 5 nitrogen and oxygen atoms in total. The Balaban J connectivity index is 2.42. The highest BCUT2D eigenvalue weighted by atomic mass is 16.5. The molecule has 1 unspecified atom stereocenters. The summed E-state index contributed by atoms with van der Waals surface area (Å²) in [5, 5.41) is 0. The van der Waals surface area contributed by atoms with Crippen LogP contribution in [0.15, 0.2) is 15.8 Å². The molecule has 0 aromatic carbocycles. The fourth-order valence-electron chi connectivity index (χ4n) is 2.59. The first-order valence-electron chi connectivity index (χ1n) is 6.43. The fourth-order valence-corrected chi connectivity index (χ4v) is 2.59. The Morgan fingerprint density at radius 1 is 1.33 bits per heavy atom. The summed E-state index contributed by atoms with van der Waals surface area (Å²) in [6.45, 7) is 7.99. The van der Waals surface area contributed by atoms with E-state index in [4.69, 9.17) is 4.74 Å². The van der Waals surface area contributed by atoms with Crippen LogP contribution in [0.25, 0.3) is 0 Å². The molecule has 1 fully saturated rings. The molecule has 0 amide bonds. The van der Waals surface area contributed by atoms with E-state index in [0.717, 1.165) is 6.42 Å². The van der Waals surface area contributed by atoms with Crippen molar-refractivity contribution >= 4 is 0 Å². The second kappa shape index (κ2) is 4.72. The fraction of sp³-hybridized carbons (Fsp3) is 0.692. The van der Waals surface area contributed by atoms with Crippen LogP contribution in [0.2, 0.25) is 0 Å². The lowest BCUT2D eigenvalue weighted by Gasteiger charge is -2.18. The van der Waals surface area contributed by atoms with Crippen molar-refractivity contribution in [1.29, 1.82) is 0 Å². The number of hydrogen-bond acceptors (Lipinski definition) is 3. The summed E-state index contributed by atoms with van der Waals surface area (Å²) in [7, 11) is 0. The summed E-state index contributed by atoms with van der Waals surface area (Å²) in [5.74, 6) is 0.650. The third kappa shape index (κ3) is 2.03. The number of aryl methyl sites for hydroxylation is 1. The van der Waals surface area contributed by atoms with E-state index >= 15 is 0 Å². The number of ether oxygens (including phenoxy) is 1. The Kier molecular flexibility index (Phi) is 3.43. The molecule has 1 aromatic heterocycles. The minimum atomic E-state index is -0.397. The first-order chi connectivity index (χ1) is 8.45. The smallest absolute Gasteiger partial charge is 0.330 e. The Morgan fingerprint density at radius 3 is 2.56 bits per heavy atom. The lowest BCUT2D eigenvalue weighted by atomic mass is 9.91. The molecule has 0 radical (unpaired) electrons. The van der Waals surface area contributed by atoms with Crippen molar-refractivity contribution in [3.63, 3.8) is 0 Å². The Morgan fingerprint density at radius 2 is 2.00 bits per heavy atom. The second-order valence-electron chi connectivity index (χ2n) is 5.17. The van der Waals surface area contributed by atoms with Gasteiger partial charge in [-0.25, -0.2) is 4.79 Å². The molecule has 5 heteroatoms. The molecule has 1 aliphatic rings. The van der Waals surface area contributed by atoms with Crippen LogP contribution in [0, 0.1) is 18.8 Å². The molecule has 1 aliphatic heterocycles. The molecule has 100 valence electrons. The molecule has 2 rings (SSSR count). The van der Waals surface area contributed by atoms with Crippen LogP contribution in [-0.4, -0.2) is 15.7 Å². The van der Waals surface area contributed by atoms with E-state index in [1.54, 1.807) is 13.1 Å². The summed E-state index contributed by atoms with van der Waals surface area (Å²) in [5.41, 5.74) is -0.202. The Bertz CT molecular complexity index is 546. The molecule has 1 N–H and O–H groups in total. The monoisotopic (exact) mass is 252 g/mol. The van der Waals surface area contributed by atoms with E-state index in [9.17, 15) is 9.59 Å². The summed E-state index contributed by atoms with van der Waals surface area (Å²) in [4.78, 5) is 25.5. The zero-order chi connectivity index (χ0) is 13.4. The molecule has 2 heterocycles. The lowest BCUT2D eigenvalue weighted by molar-refractivity contribution is -0.0170. The van der Waals surface area contributed by atoms with E-state index in [1.165, 1.54) is 4.57 Å². The van der Waals surface area contributed by atoms with Crippen LogP contribution in [0.3, 0.4) is 0 Å². The number of H-pyrrole nitrogens is 1. The highest BCUT2D eigenvalue weighted by Gasteiger charge is 2.39. The third-order valence-electron chi connectivity index (χ3n) is 4.00. The minimum Gasteiger partial charge on any atom is -0.354 e. The van der Waals surface area contributed by atoms with Gasteiger partial charge in [-0.2, -0.15) is 0 Å². The first kappa shape index (κ1) is 13.1. The molecular weight excluding hydrogens is 232 g/mol. The zero-order valence-corrected chi connectivity index (χ0v) is 11.3. The number of nitrogens with one attached hydrogen (secondary N) is 1. The average Bonchev–Trinajstić information content (AvgIpc) is 2.61. The van der Waals surface area contributed by atoms with Crippen LogP contribution >= 0.6 is 0 Å². The maximum Gasteiger partial charge on any atom is 0.330 e. The zero-order valence-electron chi connectivity index (χ0n) is 11.3. The van der Waals surface area contributed by atoms with Gasteiger partial charge in [0.1, 0.15) is 6.23 Å². The molecule has 1 aromatic rings. The SMILES string of the molecule is CC[C@H]1O[C@@H](n2cc(C)c(=O)[nH]c2=O)[C@@H](C)C1C. The van der Waals surface area contributed by atoms with Crippen molar-refractivity contribution in [2.45, 2.75) is 46.4 Å². The number of aromatic nitrogens is 2. The van der Waals surface area contributed by atoms with E-state index in [1.807, 2.05) is 0 Å². The number of hydrogen-bond donors (Lipinski definition) is 1. The van der Waals surface area contributed by atoms with Gasteiger partial charge in [-0.15, -0.1) is 0 Å². The van der Waals surface area contributed by atoms with Crippen LogP contribution in [0.1, 0.15) is 39.0 Å². The average molecular weight is 252 g/mol. The summed E-state index contributed by atoms with van der Waals surface area (Å²) < 4.78 is 7.45. The molecule has 0 aliphatic carbocycles. The summed E-state index contributed by atoms with van der Waals surface area (Å²) >= 11 is 0. The molecule has 4 atom stereocenters. The van der Waals surface area contributed by atoms with Gasteiger partial charge in [0, 0.05) is 17.7 Å². The van der Waals surface area contributed by atoms with Gasteiger partial charge in [0.05, 0.1) is 6.10 Å². The van der Waals surface area contributed by atoms with Crippen molar-refractivity contribution in [3.8, 4) is 0 Å². The normalized spacial score (nSPS) is 31.8. The van der Waals surface area contributed by atoms with E-state index in [2.05, 4.69) is 25.8 Å². The first-order valence-corrected chi connectivity index (χ1v) is 6.43. The van der Waals surface area contributed by atoms with E-state index in [-0.39, 0.29) is 23.8 Å². The van der Waals surface area contributed by atoms with Crippen LogP contribution in [-0.2, 0) is 4.74 Å². The summed E-state index contributed by atoms with van der Waals surface area (Å²) in [6, 6.07) is 0. The largest absolute Gasteiger partial charge is 0.354 e. The van der Waals surface area contributed by atoms with E-state index in [0.29, 0.717) is 11.5 Å². The molecule has 0 spiro atoms. The molecule has 1 saturated heterocycles. The van der Waals surface area contributed by atoms with Gasteiger partial charge >= 0.3 is 5.69 Å². The highest BCUT2D eigenvalue weighted by molar-refractivity contribution is 5.02. The van der Waals surface area contributed by atoms with Gasteiger partial charge in [-0.1, -0.05) is 20.8 Å². The molecule has 18 heavy (non-hydrogen) atoms. The quantitative estimate of drug-likeness (QED) is 0.866. The minimum absolute atomic E-state index is 0.170. The molecule has 0 saturated carbocycles. The predicted molar refractivity (Wildman–Crippen MR) is 68.6 cm³/mol. The van der Waals surface area contributed by atoms with Crippen molar-refractivity contribution in [3.05, 3.63) is 32.6 Å². The van der Waals surface area contributed by atoms with Gasteiger partial charge in [-0.05, 0) is 19.3 Å². The number of aromatic amines is 1. The van der Waals surface area contributed by atoms with Gasteiger partial charge in [0.25, 0.3) is 5.56 Å². The lowest BCUT2D eigenvalue weighted by Crippen LogP contribution is -2.35. The topological polar surface area (TPSA) is 64.1 Å².